The molecule has 1 aliphatic heterocycles. The summed E-state index contributed by atoms with van der Waals surface area (Å²) in [5.74, 6) is 0.951. The number of hydrogen-bond acceptors (Lipinski definition) is 6. The Balaban J connectivity index is 1.45. The number of aliphatic hydroxyl groups excluding tert-OH is 1. The van der Waals surface area contributed by atoms with Crippen LogP contribution in [0.3, 0.4) is 0 Å². The Morgan fingerprint density at radius 3 is 2.78 bits per heavy atom. The molecule has 7 nitrogen and oxygen atoms in total. The van der Waals surface area contributed by atoms with Gasteiger partial charge >= 0.3 is 0 Å². The van der Waals surface area contributed by atoms with Gasteiger partial charge in [-0.25, -0.2) is 4.98 Å². The van der Waals surface area contributed by atoms with Crippen molar-refractivity contribution in [2.24, 2.45) is 0 Å². The Morgan fingerprint density at radius 1 is 1.30 bits per heavy atom. The number of rotatable bonds is 6. The summed E-state index contributed by atoms with van der Waals surface area (Å²) in [4.78, 5) is 13.0. The normalized spacial score (nSPS) is 17.6. The molecule has 3 rings (SSSR count). The number of hydrogen-bond donors (Lipinski definition) is 1. The molecule has 0 saturated carbocycles. The fourth-order valence-corrected chi connectivity index (χ4v) is 3.15. The van der Waals surface area contributed by atoms with E-state index in [4.69, 9.17) is 0 Å². The van der Waals surface area contributed by atoms with Gasteiger partial charge < -0.3 is 14.9 Å². The van der Waals surface area contributed by atoms with Crippen molar-refractivity contribution in [3.05, 3.63) is 37.1 Å². The summed E-state index contributed by atoms with van der Waals surface area (Å²) in [6.45, 7) is 3.15. The van der Waals surface area contributed by atoms with Crippen LogP contribution in [0.25, 0.3) is 0 Å². The Bertz CT molecular complexity index is 568. The van der Waals surface area contributed by atoms with Crippen LogP contribution in [0.1, 0.15) is 12.8 Å². The Kier molecular flexibility index (Phi) is 5.19. The smallest absolute Gasteiger partial charge is 0.147 e. The van der Waals surface area contributed by atoms with Crippen molar-refractivity contribution in [3.8, 4) is 0 Å². The second-order valence-electron chi connectivity index (χ2n) is 6.10. The first kappa shape index (κ1) is 15.9. The fraction of sp³-hybridized carbons (Fsp3) is 0.562. The molecule has 0 spiro atoms. The average Bonchev–Trinajstić information content (AvgIpc) is 3.08. The molecule has 0 bridgehead atoms. The minimum atomic E-state index is -0.405. The monoisotopic (exact) mass is 316 g/mol. The highest BCUT2D eigenvalue weighted by Crippen LogP contribution is 2.19. The molecule has 3 heterocycles. The van der Waals surface area contributed by atoms with Gasteiger partial charge in [0.05, 0.1) is 18.8 Å². The maximum atomic E-state index is 10.2. The van der Waals surface area contributed by atoms with Gasteiger partial charge in [-0.3, -0.25) is 9.67 Å². The van der Waals surface area contributed by atoms with Crippen LogP contribution in [0, 0.1) is 0 Å². The van der Waals surface area contributed by atoms with E-state index in [1.807, 2.05) is 18.5 Å². The van der Waals surface area contributed by atoms with E-state index < -0.39 is 6.10 Å². The molecular weight excluding hydrogens is 292 g/mol. The van der Waals surface area contributed by atoms with Gasteiger partial charge in [-0.15, -0.1) is 0 Å². The third kappa shape index (κ3) is 4.27. The van der Waals surface area contributed by atoms with Gasteiger partial charge in [0.1, 0.15) is 5.82 Å². The molecular formula is C16H24N6O. The minimum absolute atomic E-state index is 0.405. The number of piperidine rings is 1. The van der Waals surface area contributed by atoms with E-state index in [0.717, 1.165) is 31.7 Å². The summed E-state index contributed by atoms with van der Waals surface area (Å²) in [6, 6.07) is 2.37. The first-order valence-corrected chi connectivity index (χ1v) is 8.09. The molecule has 2 aromatic heterocycles. The van der Waals surface area contributed by atoms with E-state index in [1.54, 1.807) is 23.3 Å². The molecule has 0 aliphatic carbocycles. The SMILES string of the molecule is CN(CC(O)Cn1cccn1)C1CCN(c2cnccn2)CC1. The van der Waals surface area contributed by atoms with Crippen molar-refractivity contribution in [1.29, 1.82) is 0 Å². The van der Waals surface area contributed by atoms with Gasteiger partial charge in [-0.1, -0.05) is 0 Å². The van der Waals surface area contributed by atoms with Crippen LogP contribution >= 0.6 is 0 Å². The van der Waals surface area contributed by atoms with Gasteiger partial charge in [0, 0.05) is 50.5 Å². The molecule has 1 unspecified atom stereocenters. The lowest BCUT2D eigenvalue weighted by molar-refractivity contribution is 0.0811. The molecule has 1 atom stereocenters. The molecule has 124 valence electrons. The lowest BCUT2D eigenvalue weighted by Crippen LogP contribution is -2.46. The van der Waals surface area contributed by atoms with Crippen molar-refractivity contribution in [3.63, 3.8) is 0 Å². The number of aliphatic hydroxyl groups is 1. The standard InChI is InChI=1S/C16H24N6O/c1-20(12-15(23)13-22-8-2-5-19-22)14-3-9-21(10-4-14)16-11-17-6-7-18-16/h2,5-8,11,14-15,23H,3-4,9-10,12-13H2,1H3. The van der Waals surface area contributed by atoms with E-state index in [1.165, 1.54) is 0 Å². The van der Waals surface area contributed by atoms with Crippen LogP contribution in [-0.4, -0.2) is 68.6 Å². The largest absolute Gasteiger partial charge is 0.390 e. The lowest BCUT2D eigenvalue weighted by Gasteiger charge is -2.37. The third-order valence-electron chi connectivity index (χ3n) is 4.42. The number of aromatic nitrogens is 4. The topological polar surface area (TPSA) is 70.3 Å². The molecule has 7 heteroatoms. The number of likely N-dealkylation sites (N-methyl/N-ethyl adjacent to an activating group) is 1. The van der Waals surface area contributed by atoms with Crippen molar-refractivity contribution in [2.45, 2.75) is 31.5 Å². The summed E-state index contributed by atoms with van der Waals surface area (Å²) < 4.78 is 1.77. The van der Waals surface area contributed by atoms with E-state index in [2.05, 4.69) is 31.9 Å². The van der Waals surface area contributed by atoms with Gasteiger partial charge in [-0.2, -0.15) is 5.10 Å². The highest BCUT2D eigenvalue weighted by molar-refractivity contribution is 5.35. The molecule has 1 saturated heterocycles. The van der Waals surface area contributed by atoms with Crippen molar-refractivity contribution in [1.82, 2.24) is 24.6 Å². The maximum Gasteiger partial charge on any atom is 0.147 e. The quantitative estimate of drug-likeness (QED) is 0.843. The van der Waals surface area contributed by atoms with Gasteiger partial charge in [0.15, 0.2) is 0 Å². The zero-order valence-electron chi connectivity index (χ0n) is 13.5. The first-order valence-electron chi connectivity index (χ1n) is 8.09. The van der Waals surface area contributed by atoms with Gasteiger partial charge in [0.2, 0.25) is 0 Å². The van der Waals surface area contributed by atoms with Crippen LogP contribution in [-0.2, 0) is 6.54 Å². The van der Waals surface area contributed by atoms with Crippen LogP contribution in [0.15, 0.2) is 37.1 Å². The Labute approximate surface area is 136 Å². The summed E-state index contributed by atoms with van der Waals surface area (Å²) in [7, 11) is 2.09. The summed E-state index contributed by atoms with van der Waals surface area (Å²) >= 11 is 0. The molecule has 1 N–H and O–H groups in total. The minimum Gasteiger partial charge on any atom is -0.390 e. The molecule has 1 fully saturated rings. The number of nitrogens with zero attached hydrogens (tertiary/aromatic N) is 6. The molecule has 0 radical (unpaired) electrons. The summed E-state index contributed by atoms with van der Waals surface area (Å²) in [6.07, 6.45) is 10.6. The number of anilines is 1. The van der Waals surface area contributed by atoms with E-state index >= 15 is 0 Å². The zero-order chi connectivity index (χ0) is 16.1. The van der Waals surface area contributed by atoms with E-state index in [-0.39, 0.29) is 0 Å². The zero-order valence-corrected chi connectivity index (χ0v) is 13.5. The maximum absolute atomic E-state index is 10.2. The Morgan fingerprint density at radius 2 is 2.13 bits per heavy atom. The molecule has 0 amide bonds. The molecule has 23 heavy (non-hydrogen) atoms. The molecule has 0 aromatic carbocycles. The van der Waals surface area contributed by atoms with Gasteiger partial charge in [0.25, 0.3) is 0 Å². The van der Waals surface area contributed by atoms with Crippen LogP contribution in [0.5, 0.6) is 0 Å². The summed E-state index contributed by atoms with van der Waals surface area (Å²) in [5.41, 5.74) is 0. The lowest BCUT2D eigenvalue weighted by atomic mass is 10.0. The predicted molar refractivity (Wildman–Crippen MR) is 88.1 cm³/mol. The van der Waals surface area contributed by atoms with Crippen molar-refractivity contribution < 1.29 is 5.11 Å². The van der Waals surface area contributed by atoms with Crippen LogP contribution in [0.2, 0.25) is 0 Å². The highest BCUT2D eigenvalue weighted by Gasteiger charge is 2.24. The fourth-order valence-electron chi connectivity index (χ4n) is 3.15. The second kappa shape index (κ2) is 7.52. The van der Waals surface area contributed by atoms with E-state index in [9.17, 15) is 5.11 Å². The van der Waals surface area contributed by atoms with Crippen molar-refractivity contribution in [2.75, 3.05) is 31.6 Å². The van der Waals surface area contributed by atoms with Crippen LogP contribution < -0.4 is 4.90 Å². The van der Waals surface area contributed by atoms with Gasteiger partial charge in [-0.05, 0) is 26.0 Å². The average molecular weight is 316 g/mol. The van der Waals surface area contributed by atoms with Crippen molar-refractivity contribution >= 4 is 5.82 Å². The second-order valence-corrected chi connectivity index (χ2v) is 6.10. The highest BCUT2D eigenvalue weighted by atomic mass is 16.3. The predicted octanol–water partition coefficient (Wildman–Crippen LogP) is 0.635. The molecule has 1 aliphatic rings. The third-order valence-corrected chi connectivity index (χ3v) is 4.42. The van der Waals surface area contributed by atoms with Crippen LogP contribution in [0.4, 0.5) is 5.82 Å². The molecule has 2 aromatic rings. The van der Waals surface area contributed by atoms with E-state index in [0.29, 0.717) is 19.1 Å². The summed E-state index contributed by atoms with van der Waals surface area (Å²) in [5, 5.41) is 14.4. The first-order chi connectivity index (χ1) is 11.2. The Hall–Kier alpha value is -1.99.